The molecule has 2 atom stereocenters. The third-order valence-corrected chi connectivity index (χ3v) is 9.27. The van der Waals surface area contributed by atoms with Crippen LogP contribution < -0.4 is 10.0 Å². The Labute approximate surface area is 256 Å². The minimum atomic E-state index is -4.43. The quantitative estimate of drug-likeness (QED) is 0.297. The number of hydrogen-bond acceptors (Lipinski definition) is 6. The molecule has 226 valence electrons. The Morgan fingerprint density at radius 3 is 2.47 bits per heavy atom. The van der Waals surface area contributed by atoms with Crippen LogP contribution in [0.5, 0.6) is 0 Å². The van der Waals surface area contributed by atoms with Gasteiger partial charge in [-0.25, -0.2) is 13.7 Å². The molecule has 0 radical (unpaired) electrons. The second kappa shape index (κ2) is 10.9. The van der Waals surface area contributed by atoms with Gasteiger partial charge in [0.25, 0.3) is 0 Å². The van der Waals surface area contributed by atoms with Crippen molar-refractivity contribution in [3.8, 4) is 11.3 Å². The normalized spacial score (nSPS) is 20.0. The van der Waals surface area contributed by atoms with Gasteiger partial charge in [0.1, 0.15) is 5.82 Å². The number of rotatable bonds is 3. The van der Waals surface area contributed by atoms with Crippen LogP contribution in [-0.2, 0) is 20.4 Å². The molecule has 2 aliphatic rings. The Bertz CT molecular complexity index is 1750. The molecule has 43 heavy (non-hydrogen) atoms. The van der Waals surface area contributed by atoms with E-state index in [1.807, 2.05) is 51.7 Å². The van der Waals surface area contributed by atoms with Gasteiger partial charge in [-0.2, -0.15) is 8.42 Å². The average Bonchev–Trinajstić information content (AvgIpc) is 2.93. The van der Waals surface area contributed by atoms with Gasteiger partial charge in [0.2, 0.25) is 5.91 Å². The lowest BCUT2D eigenvalue weighted by Crippen LogP contribution is -2.60. The zero-order chi connectivity index (χ0) is 31.4. The summed E-state index contributed by atoms with van der Waals surface area (Å²) in [5, 5.41) is 0.0766. The first-order valence-corrected chi connectivity index (χ1v) is 15.6. The molecular formula is C31H34ClFN6O3S. The van der Waals surface area contributed by atoms with Gasteiger partial charge in [-0.15, -0.1) is 4.40 Å². The highest BCUT2D eigenvalue weighted by molar-refractivity contribution is 7.92. The fourth-order valence-electron chi connectivity index (χ4n) is 5.65. The summed E-state index contributed by atoms with van der Waals surface area (Å²) in [6.07, 6.45) is 1.26. The number of aromatic nitrogens is 1. The van der Waals surface area contributed by atoms with Crippen LogP contribution in [0.1, 0.15) is 45.7 Å². The average molecular weight is 625 g/mol. The topological polar surface area (TPSA) is 112 Å². The third-order valence-electron chi connectivity index (χ3n) is 7.75. The van der Waals surface area contributed by atoms with E-state index in [4.69, 9.17) is 22.3 Å². The number of piperazine rings is 1. The predicted molar refractivity (Wildman–Crippen MR) is 169 cm³/mol. The molecule has 3 heterocycles. The zero-order valence-corrected chi connectivity index (χ0v) is 26.2. The molecule has 1 saturated heterocycles. The second-order valence-electron chi connectivity index (χ2n) is 11.9. The van der Waals surface area contributed by atoms with Crippen molar-refractivity contribution < 1.29 is 17.6 Å². The van der Waals surface area contributed by atoms with Crippen LogP contribution in [0.2, 0.25) is 5.02 Å². The van der Waals surface area contributed by atoms with Gasteiger partial charge >= 0.3 is 10.2 Å². The molecule has 0 bridgehead atoms. The van der Waals surface area contributed by atoms with Crippen LogP contribution in [0, 0.1) is 5.82 Å². The van der Waals surface area contributed by atoms with Crippen molar-refractivity contribution in [2.75, 3.05) is 23.1 Å². The van der Waals surface area contributed by atoms with E-state index in [0.29, 0.717) is 24.3 Å². The monoisotopic (exact) mass is 624 g/mol. The number of nitrogens with two attached hydrogens (primary N) is 1. The van der Waals surface area contributed by atoms with Crippen LogP contribution in [-0.4, -0.2) is 60.1 Å². The number of amidine groups is 1. The van der Waals surface area contributed by atoms with Crippen molar-refractivity contribution in [2.24, 2.45) is 4.40 Å². The summed E-state index contributed by atoms with van der Waals surface area (Å²) >= 11 is 6.77. The lowest BCUT2D eigenvalue weighted by molar-refractivity contribution is -0.130. The van der Waals surface area contributed by atoms with Gasteiger partial charge in [0.05, 0.1) is 27.5 Å². The predicted octanol–water partition coefficient (Wildman–Crippen LogP) is 5.67. The summed E-state index contributed by atoms with van der Waals surface area (Å²) in [6.45, 7) is 13.9. The molecule has 3 aromatic rings. The van der Waals surface area contributed by atoms with Crippen molar-refractivity contribution >= 4 is 50.7 Å². The van der Waals surface area contributed by atoms with E-state index in [0.717, 1.165) is 9.87 Å². The summed E-state index contributed by atoms with van der Waals surface area (Å²) in [6, 6.07) is 12.4. The number of anilines is 3. The van der Waals surface area contributed by atoms with E-state index in [1.165, 1.54) is 24.3 Å². The van der Waals surface area contributed by atoms with Crippen molar-refractivity contribution in [3.63, 3.8) is 0 Å². The number of para-hydroxylation sites is 1. The molecule has 0 saturated carbocycles. The van der Waals surface area contributed by atoms with E-state index < -0.39 is 21.4 Å². The molecule has 12 heteroatoms. The molecule has 0 aliphatic carbocycles. The fraction of sp³-hybridized carbons (Fsp3) is 0.323. The van der Waals surface area contributed by atoms with Gasteiger partial charge in [-0.3, -0.25) is 4.79 Å². The summed E-state index contributed by atoms with van der Waals surface area (Å²) in [5.74, 6) is -0.686. The second-order valence-corrected chi connectivity index (χ2v) is 13.7. The molecule has 0 spiro atoms. The van der Waals surface area contributed by atoms with Gasteiger partial charge in [0.15, 0.2) is 11.7 Å². The summed E-state index contributed by atoms with van der Waals surface area (Å²) < 4.78 is 49.0. The number of amides is 1. The number of hydrogen-bond donors (Lipinski definition) is 1. The number of fused-ring (bicyclic) bond motifs is 1. The van der Waals surface area contributed by atoms with Crippen LogP contribution in [0.4, 0.5) is 21.6 Å². The lowest BCUT2D eigenvalue weighted by Gasteiger charge is -2.46. The number of pyridine rings is 1. The first-order valence-electron chi connectivity index (χ1n) is 13.9. The minimum Gasteiger partial charge on any atom is -0.398 e. The number of halogens is 2. The smallest absolute Gasteiger partial charge is 0.352 e. The molecular weight excluding hydrogens is 591 g/mol. The number of carbonyl (C=O) groups excluding carboxylic acids is 1. The summed E-state index contributed by atoms with van der Waals surface area (Å²) in [4.78, 5) is 20.7. The van der Waals surface area contributed by atoms with Gasteiger partial charge in [-0.05, 0) is 55.2 Å². The van der Waals surface area contributed by atoms with Gasteiger partial charge in [0, 0.05) is 30.9 Å². The molecule has 1 aromatic heterocycles. The van der Waals surface area contributed by atoms with Gasteiger partial charge < -0.3 is 15.5 Å². The molecule has 1 amide bonds. The van der Waals surface area contributed by atoms with Crippen LogP contribution >= 0.6 is 11.6 Å². The summed E-state index contributed by atoms with van der Waals surface area (Å²) in [5.41, 5.74) is 7.26. The lowest BCUT2D eigenvalue weighted by atomic mass is 9.86. The molecule has 2 aromatic carbocycles. The fourth-order valence-corrected chi connectivity index (χ4v) is 7.16. The maximum absolute atomic E-state index is 15.2. The van der Waals surface area contributed by atoms with Gasteiger partial charge in [-0.1, -0.05) is 63.2 Å². The van der Waals surface area contributed by atoms with E-state index in [-0.39, 0.29) is 51.6 Å². The third kappa shape index (κ3) is 5.36. The molecule has 5 rings (SSSR count). The standard InChI is InChI=1S/C31H34ClFN6O3S/c1-7-26(40)37-16-19(3)38(17-18(37)2)30-20-15-22(32)28(27-23(33)12-10-13-24(27)34)35-29(20)39(43(41,42)36-30)25-14-9-8-11-21(25)31(4,5)6/h7-15,18-19H,1,16-17,34H2,2-6H3/t18-,19+/m1/s1. The van der Waals surface area contributed by atoms with E-state index in [1.54, 1.807) is 23.1 Å². The maximum Gasteiger partial charge on any atom is 0.352 e. The van der Waals surface area contributed by atoms with Crippen molar-refractivity contribution in [2.45, 2.75) is 52.1 Å². The van der Waals surface area contributed by atoms with Crippen LogP contribution in [0.25, 0.3) is 11.3 Å². The minimum absolute atomic E-state index is 0.00789. The van der Waals surface area contributed by atoms with Crippen LogP contribution in [0.15, 0.2) is 65.6 Å². The highest BCUT2D eigenvalue weighted by Crippen LogP contribution is 2.44. The molecule has 9 nitrogen and oxygen atoms in total. The number of nitrogens with zero attached hydrogens (tertiary/aromatic N) is 5. The number of benzene rings is 2. The highest BCUT2D eigenvalue weighted by Gasteiger charge is 2.42. The Hall–Kier alpha value is -3.96. The van der Waals surface area contributed by atoms with Crippen molar-refractivity contribution in [1.82, 2.24) is 14.8 Å². The Morgan fingerprint density at radius 2 is 1.81 bits per heavy atom. The Balaban J connectivity index is 1.78. The number of nitrogen functional groups attached to an aromatic ring is 1. The SMILES string of the molecule is C=CC(=O)N1C[C@H](C)N(C2=NS(=O)(=O)N(c3ccccc3C(C)(C)C)c3nc(-c4c(N)cccc4F)c(Cl)cc32)C[C@H]1C. The van der Waals surface area contributed by atoms with E-state index >= 15 is 4.39 Å². The van der Waals surface area contributed by atoms with Crippen LogP contribution in [0.3, 0.4) is 0 Å². The molecule has 1 fully saturated rings. The van der Waals surface area contributed by atoms with Crippen molar-refractivity contribution in [1.29, 1.82) is 0 Å². The largest absolute Gasteiger partial charge is 0.398 e. The highest BCUT2D eigenvalue weighted by atomic mass is 35.5. The molecule has 2 N–H and O–H groups in total. The molecule has 0 unspecified atom stereocenters. The Morgan fingerprint density at radius 1 is 1.12 bits per heavy atom. The summed E-state index contributed by atoms with van der Waals surface area (Å²) in [7, 11) is -4.43. The zero-order valence-electron chi connectivity index (χ0n) is 24.7. The van der Waals surface area contributed by atoms with Crippen molar-refractivity contribution in [3.05, 3.63) is 83.2 Å². The van der Waals surface area contributed by atoms with E-state index in [9.17, 15) is 13.2 Å². The maximum atomic E-state index is 15.2. The van der Waals surface area contributed by atoms with E-state index in [2.05, 4.69) is 11.0 Å². The number of carbonyl (C=O) groups is 1. The first-order chi connectivity index (χ1) is 20.2. The first kappa shape index (κ1) is 30.5. The molecule has 2 aliphatic heterocycles. The Kier molecular flexibility index (Phi) is 7.77.